The van der Waals surface area contributed by atoms with Gasteiger partial charge in [0.05, 0.1) is 40.5 Å². The smallest absolute Gasteiger partial charge is 0.198 e. The normalized spacial score (nSPS) is 18.9. The van der Waals surface area contributed by atoms with Crippen molar-refractivity contribution in [3.8, 4) is 5.75 Å². The standard InChI is InChI=1S/C29H22Cl2N2O4/c1-36-18-8-6-15(7-9-18)16-10-24-26(25(34)11-16)27(33-23-5-3-2-4-22(23)32-24)20-14-37-29-19(28(20)35)12-17(30)13-21(29)31/h2-9,12-14,16,27,32-33H,10-11H2,1H3/t16-,27-/m0/s1. The summed E-state index contributed by atoms with van der Waals surface area (Å²) in [6.07, 6.45) is 2.32. The van der Waals surface area contributed by atoms with Crippen LogP contribution in [0.25, 0.3) is 11.0 Å². The summed E-state index contributed by atoms with van der Waals surface area (Å²) in [5.41, 5.74) is 4.25. The van der Waals surface area contributed by atoms with Crippen LogP contribution in [0.5, 0.6) is 5.75 Å². The van der Waals surface area contributed by atoms with E-state index < -0.39 is 6.04 Å². The molecule has 2 aliphatic rings. The molecule has 0 radical (unpaired) electrons. The average Bonchev–Trinajstić information content (AvgIpc) is 3.06. The molecule has 4 aromatic rings. The lowest BCUT2D eigenvalue weighted by Gasteiger charge is -2.29. The van der Waals surface area contributed by atoms with Crippen LogP contribution in [0.2, 0.25) is 10.0 Å². The lowest BCUT2D eigenvalue weighted by molar-refractivity contribution is -0.116. The second-order valence-corrected chi connectivity index (χ2v) is 10.1. The highest BCUT2D eigenvalue weighted by Crippen LogP contribution is 2.44. The molecule has 3 aromatic carbocycles. The Kier molecular flexibility index (Phi) is 5.94. The minimum absolute atomic E-state index is 0.0128. The van der Waals surface area contributed by atoms with Gasteiger partial charge >= 0.3 is 0 Å². The molecule has 186 valence electrons. The van der Waals surface area contributed by atoms with E-state index in [9.17, 15) is 9.59 Å². The summed E-state index contributed by atoms with van der Waals surface area (Å²) in [5.74, 6) is 0.713. The minimum Gasteiger partial charge on any atom is -0.497 e. The van der Waals surface area contributed by atoms with E-state index in [-0.39, 0.29) is 33.1 Å². The number of fused-ring (bicyclic) bond motifs is 2. The molecule has 2 atom stereocenters. The molecular weight excluding hydrogens is 511 g/mol. The predicted octanol–water partition coefficient (Wildman–Crippen LogP) is 7.09. The maximum atomic E-state index is 13.8. The van der Waals surface area contributed by atoms with Gasteiger partial charge in [0.2, 0.25) is 0 Å². The van der Waals surface area contributed by atoms with Crippen LogP contribution in [-0.2, 0) is 4.79 Å². The maximum absolute atomic E-state index is 13.8. The molecule has 0 amide bonds. The van der Waals surface area contributed by atoms with Gasteiger partial charge in [0, 0.05) is 22.7 Å². The number of hydrogen-bond donors (Lipinski definition) is 2. The molecule has 37 heavy (non-hydrogen) atoms. The Balaban J connectivity index is 1.50. The van der Waals surface area contributed by atoms with Gasteiger partial charge in [0.25, 0.3) is 0 Å². The van der Waals surface area contributed by atoms with E-state index in [2.05, 4.69) is 10.6 Å². The van der Waals surface area contributed by atoms with E-state index in [4.69, 9.17) is 32.4 Å². The molecule has 0 saturated carbocycles. The number of Topliss-reactive ketones (excluding diaryl/α,β-unsaturated/α-hetero) is 1. The zero-order valence-corrected chi connectivity index (χ0v) is 21.3. The fraction of sp³-hybridized carbons (Fsp3) is 0.172. The number of anilines is 2. The fourth-order valence-electron chi connectivity index (χ4n) is 5.22. The third-order valence-corrected chi connectivity index (χ3v) is 7.53. The Morgan fingerprint density at radius 3 is 2.49 bits per heavy atom. The van der Waals surface area contributed by atoms with Crippen molar-refractivity contribution in [2.75, 3.05) is 17.7 Å². The Bertz CT molecular complexity index is 1640. The summed E-state index contributed by atoms with van der Waals surface area (Å²) >= 11 is 12.5. The number of ketones is 1. The van der Waals surface area contributed by atoms with E-state index in [1.807, 2.05) is 48.5 Å². The van der Waals surface area contributed by atoms with Crippen LogP contribution in [0.1, 0.15) is 35.9 Å². The maximum Gasteiger partial charge on any atom is 0.198 e. The van der Waals surface area contributed by atoms with Crippen LogP contribution < -0.4 is 20.8 Å². The van der Waals surface area contributed by atoms with E-state index in [0.29, 0.717) is 29.0 Å². The lowest BCUT2D eigenvalue weighted by atomic mass is 9.78. The van der Waals surface area contributed by atoms with Crippen molar-refractivity contribution in [2.45, 2.75) is 24.8 Å². The monoisotopic (exact) mass is 532 g/mol. The van der Waals surface area contributed by atoms with Gasteiger partial charge in [0.1, 0.15) is 12.0 Å². The number of rotatable bonds is 3. The SMILES string of the molecule is COc1ccc([C@@H]2CC(=O)C3=C(C2)Nc2ccccc2N[C@H]3c2coc3c(Cl)cc(Cl)cc3c2=O)cc1. The van der Waals surface area contributed by atoms with Crippen molar-refractivity contribution in [2.24, 2.45) is 0 Å². The fourth-order valence-corrected chi connectivity index (χ4v) is 5.75. The highest BCUT2D eigenvalue weighted by Gasteiger charge is 2.37. The molecule has 0 bridgehead atoms. The first-order valence-corrected chi connectivity index (χ1v) is 12.6. The number of methoxy groups -OCH3 is 1. The van der Waals surface area contributed by atoms with Crippen molar-refractivity contribution < 1.29 is 13.9 Å². The van der Waals surface area contributed by atoms with Crippen LogP contribution >= 0.6 is 23.2 Å². The van der Waals surface area contributed by atoms with Crippen LogP contribution in [0.4, 0.5) is 11.4 Å². The second-order valence-electron chi connectivity index (χ2n) is 9.23. The number of allylic oxidation sites excluding steroid dienone is 1. The number of hydrogen-bond acceptors (Lipinski definition) is 6. The number of carbonyl (C=O) groups is 1. The Hall–Kier alpha value is -3.74. The summed E-state index contributed by atoms with van der Waals surface area (Å²) in [6, 6.07) is 17.8. The van der Waals surface area contributed by atoms with E-state index >= 15 is 0 Å². The van der Waals surface area contributed by atoms with Crippen LogP contribution in [-0.4, -0.2) is 12.9 Å². The van der Waals surface area contributed by atoms with Crippen LogP contribution in [0.15, 0.2) is 87.4 Å². The van der Waals surface area contributed by atoms with Crippen molar-refractivity contribution >= 4 is 51.3 Å². The molecule has 0 unspecified atom stereocenters. The van der Waals surface area contributed by atoms with Gasteiger partial charge in [-0.25, -0.2) is 0 Å². The third kappa shape index (κ3) is 4.16. The number of carbonyl (C=O) groups excluding carboxylic acids is 1. The summed E-state index contributed by atoms with van der Waals surface area (Å²) in [6.45, 7) is 0. The van der Waals surface area contributed by atoms with Gasteiger partial charge in [-0.15, -0.1) is 0 Å². The quantitative estimate of drug-likeness (QED) is 0.293. The Morgan fingerprint density at radius 1 is 0.973 bits per heavy atom. The highest BCUT2D eigenvalue weighted by molar-refractivity contribution is 6.38. The zero-order valence-electron chi connectivity index (χ0n) is 19.8. The topological polar surface area (TPSA) is 80.6 Å². The lowest BCUT2D eigenvalue weighted by Crippen LogP contribution is -2.29. The molecular formula is C29H22Cl2N2O4. The summed E-state index contributed by atoms with van der Waals surface area (Å²) < 4.78 is 11.1. The molecule has 0 spiro atoms. The highest BCUT2D eigenvalue weighted by atomic mass is 35.5. The number of benzene rings is 3. The Morgan fingerprint density at radius 2 is 1.73 bits per heavy atom. The summed E-state index contributed by atoms with van der Waals surface area (Å²) in [7, 11) is 1.63. The van der Waals surface area contributed by atoms with E-state index in [0.717, 1.165) is 28.4 Å². The van der Waals surface area contributed by atoms with Gasteiger partial charge < -0.3 is 19.8 Å². The second kappa shape index (κ2) is 9.29. The molecule has 2 N–H and O–H groups in total. The van der Waals surface area contributed by atoms with Gasteiger partial charge in [-0.1, -0.05) is 47.5 Å². The third-order valence-electron chi connectivity index (χ3n) is 7.03. The van der Waals surface area contributed by atoms with Crippen molar-refractivity contribution in [1.82, 2.24) is 0 Å². The van der Waals surface area contributed by atoms with Gasteiger partial charge in [0.15, 0.2) is 16.8 Å². The molecule has 8 heteroatoms. The number of ether oxygens (including phenoxy) is 1. The molecule has 1 aromatic heterocycles. The average molecular weight is 533 g/mol. The predicted molar refractivity (Wildman–Crippen MR) is 146 cm³/mol. The van der Waals surface area contributed by atoms with Crippen molar-refractivity contribution in [1.29, 1.82) is 0 Å². The molecule has 1 aliphatic heterocycles. The molecule has 1 aliphatic carbocycles. The van der Waals surface area contributed by atoms with Crippen LogP contribution in [0, 0.1) is 0 Å². The zero-order chi connectivity index (χ0) is 25.7. The molecule has 6 rings (SSSR count). The molecule has 2 heterocycles. The van der Waals surface area contributed by atoms with E-state index in [1.54, 1.807) is 13.2 Å². The van der Waals surface area contributed by atoms with E-state index in [1.165, 1.54) is 12.3 Å². The van der Waals surface area contributed by atoms with Gasteiger partial charge in [-0.2, -0.15) is 0 Å². The number of nitrogens with one attached hydrogen (secondary N) is 2. The van der Waals surface area contributed by atoms with Crippen LogP contribution in [0.3, 0.4) is 0 Å². The molecule has 6 nitrogen and oxygen atoms in total. The van der Waals surface area contributed by atoms with Gasteiger partial charge in [-0.05, 0) is 54.3 Å². The molecule has 0 fully saturated rings. The minimum atomic E-state index is -0.714. The summed E-state index contributed by atoms with van der Waals surface area (Å²) in [4.78, 5) is 27.5. The first-order valence-electron chi connectivity index (χ1n) is 11.9. The number of para-hydroxylation sites is 2. The first-order chi connectivity index (χ1) is 17.9. The number of halogens is 2. The molecule has 0 saturated heterocycles. The Labute approximate surface area is 222 Å². The van der Waals surface area contributed by atoms with Crippen molar-refractivity contribution in [3.63, 3.8) is 0 Å². The first kappa shape index (κ1) is 23.6. The largest absolute Gasteiger partial charge is 0.497 e. The van der Waals surface area contributed by atoms with Gasteiger partial charge in [-0.3, -0.25) is 9.59 Å². The summed E-state index contributed by atoms with van der Waals surface area (Å²) in [5, 5.41) is 7.76. The van der Waals surface area contributed by atoms with Crippen molar-refractivity contribution in [3.05, 3.63) is 110 Å².